The van der Waals surface area contributed by atoms with Crippen LogP contribution in [0.4, 0.5) is 11.6 Å². The predicted molar refractivity (Wildman–Crippen MR) is 95.7 cm³/mol. The number of aryl methyl sites for hydroxylation is 1. The molecule has 1 aromatic carbocycles. The molecule has 124 valence electrons. The summed E-state index contributed by atoms with van der Waals surface area (Å²) in [5, 5.41) is 8.36. The van der Waals surface area contributed by atoms with Crippen molar-refractivity contribution in [2.24, 2.45) is 5.73 Å². The molecule has 1 aliphatic heterocycles. The number of nitrogens with zero attached hydrogens (tertiary/aromatic N) is 4. The highest BCUT2D eigenvalue weighted by atomic mass is 15.2. The summed E-state index contributed by atoms with van der Waals surface area (Å²) < 4.78 is 0. The molecule has 1 fully saturated rings. The first-order chi connectivity index (χ1) is 11.6. The van der Waals surface area contributed by atoms with Gasteiger partial charge in [-0.2, -0.15) is 5.10 Å². The molecule has 0 amide bonds. The number of aromatic amines is 1. The fourth-order valence-electron chi connectivity index (χ4n) is 3.17. The van der Waals surface area contributed by atoms with E-state index in [1.54, 1.807) is 6.20 Å². The molecule has 0 radical (unpaired) electrons. The van der Waals surface area contributed by atoms with Gasteiger partial charge in [-0.1, -0.05) is 6.07 Å². The molecule has 1 saturated heterocycles. The summed E-state index contributed by atoms with van der Waals surface area (Å²) in [6.07, 6.45) is 3.63. The monoisotopic (exact) mass is 323 g/mol. The number of hydrogen-bond donors (Lipinski definition) is 3. The molecule has 0 spiro atoms. The number of anilines is 2. The maximum atomic E-state index is 6.07. The minimum atomic E-state index is 0.269. The van der Waals surface area contributed by atoms with Crippen LogP contribution in [-0.2, 0) is 0 Å². The van der Waals surface area contributed by atoms with Crippen LogP contribution in [0.1, 0.15) is 18.5 Å². The van der Waals surface area contributed by atoms with Crippen LogP contribution in [0.3, 0.4) is 0 Å². The lowest BCUT2D eigenvalue weighted by atomic mass is 10.1. The zero-order valence-corrected chi connectivity index (χ0v) is 13.7. The summed E-state index contributed by atoms with van der Waals surface area (Å²) in [6.45, 7) is 3.74. The van der Waals surface area contributed by atoms with E-state index in [0.717, 1.165) is 59.6 Å². The molecule has 1 aliphatic rings. The van der Waals surface area contributed by atoms with E-state index in [2.05, 4.69) is 26.1 Å². The number of nitrogens with two attached hydrogens (primary N) is 2. The molecular formula is C17H21N7. The molecule has 0 saturated carbocycles. The lowest BCUT2D eigenvalue weighted by Gasteiger charge is -2.31. The molecule has 0 bridgehead atoms. The molecule has 24 heavy (non-hydrogen) atoms. The van der Waals surface area contributed by atoms with E-state index in [0.29, 0.717) is 5.82 Å². The van der Waals surface area contributed by atoms with E-state index in [1.165, 1.54) is 0 Å². The van der Waals surface area contributed by atoms with E-state index in [-0.39, 0.29) is 6.04 Å². The van der Waals surface area contributed by atoms with Crippen LogP contribution in [0, 0.1) is 6.92 Å². The highest BCUT2D eigenvalue weighted by molar-refractivity contribution is 5.86. The van der Waals surface area contributed by atoms with Gasteiger partial charge in [0.05, 0.1) is 17.4 Å². The average molecular weight is 323 g/mol. The van der Waals surface area contributed by atoms with Crippen molar-refractivity contribution in [2.45, 2.75) is 25.8 Å². The van der Waals surface area contributed by atoms with Crippen molar-refractivity contribution in [3.8, 4) is 11.3 Å². The molecule has 5 N–H and O–H groups in total. The van der Waals surface area contributed by atoms with Crippen molar-refractivity contribution in [1.82, 2.24) is 20.2 Å². The van der Waals surface area contributed by atoms with Crippen LogP contribution < -0.4 is 16.4 Å². The van der Waals surface area contributed by atoms with E-state index >= 15 is 0 Å². The number of nitrogens with one attached hydrogen (secondary N) is 1. The van der Waals surface area contributed by atoms with Gasteiger partial charge < -0.3 is 16.4 Å². The summed E-state index contributed by atoms with van der Waals surface area (Å²) in [4.78, 5) is 11.3. The number of nitrogen functional groups attached to an aromatic ring is 1. The Kier molecular flexibility index (Phi) is 3.57. The number of H-pyrrole nitrogens is 1. The summed E-state index contributed by atoms with van der Waals surface area (Å²) in [6, 6.07) is 6.36. The SMILES string of the molecule is Cc1[nH]nc2ccc(-c3cnc(N)c(N4CCC(N)CC4)n3)cc12. The maximum Gasteiger partial charge on any atom is 0.172 e. The van der Waals surface area contributed by atoms with Gasteiger partial charge in [0.2, 0.25) is 0 Å². The number of hydrogen-bond acceptors (Lipinski definition) is 6. The van der Waals surface area contributed by atoms with E-state index in [4.69, 9.17) is 16.5 Å². The lowest BCUT2D eigenvalue weighted by molar-refractivity contribution is 0.499. The Morgan fingerprint density at radius 2 is 2.04 bits per heavy atom. The fourth-order valence-corrected chi connectivity index (χ4v) is 3.17. The van der Waals surface area contributed by atoms with Gasteiger partial charge >= 0.3 is 0 Å². The van der Waals surface area contributed by atoms with Crippen molar-refractivity contribution in [1.29, 1.82) is 0 Å². The van der Waals surface area contributed by atoms with Gasteiger partial charge in [-0.15, -0.1) is 0 Å². The summed E-state index contributed by atoms with van der Waals surface area (Å²) in [7, 11) is 0. The first-order valence-electron chi connectivity index (χ1n) is 8.20. The van der Waals surface area contributed by atoms with E-state index in [9.17, 15) is 0 Å². The number of rotatable bonds is 2. The third kappa shape index (κ3) is 2.56. The first-order valence-corrected chi connectivity index (χ1v) is 8.20. The van der Waals surface area contributed by atoms with Gasteiger partial charge in [0.1, 0.15) is 0 Å². The van der Waals surface area contributed by atoms with Crippen LogP contribution in [-0.4, -0.2) is 39.3 Å². The first kappa shape index (κ1) is 14.9. The molecule has 7 heteroatoms. The standard InChI is InChI=1S/C17H21N7/c1-10-13-8-11(2-3-14(13)23-22-10)15-9-20-16(19)17(21-15)24-6-4-12(18)5-7-24/h2-3,8-9,12H,4-7,18H2,1H3,(H2,19,20)(H,22,23). The second-order valence-corrected chi connectivity index (χ2v) is 6.37. The van der Waals surface area contributed by atoms with Crippen LogP contribution in [0.15, 0.2) is 24.4 Å². The second kappa shape index (κ2) is 5.76. The van der Waals surface area contributed by atoms with Crippen LogP contribution in [0.25, 0.3) is 22.2 Å². The molecule has 2 aromatic heterocycles. The fraction of sp³-hybridized carbons (Fsp3) is 0.353. The van der Waals surface area contributed by atoms with Crippen LogP contribution >= 0.6 is 0 Å². The molecule has 4 rings (SSSR count). The van der Waals surface area contributed by atoms with Crippen molar-refractivity contribution < 1.29 is 0 Å². The summed E-state index contributed by atoms with van der Waals surface area (Å²) >= 11 is 0. The smallest absolute Gasteiger partial charge is 0.172 e. The summed E-state index contributed by atoms with van der Waals surface area (Å²) in [5.41, 5.74) is 15.9. The Morgan fingerprint density at radius 1 is 1.25 bits per heavy atom. The van der Waals surface area contributed by atoms with E-state index < -0.39 is 0 Å². The van der Waals surface area contributed by atoms with Crippen molar-refractivity contribution >= 4 is 22.5 Å². The Morgan fingerprint density at radius 3 is 2.83 bits per heavy atom. The van der Waals surface area contributed by atoms with E-state index in [1.807, 2.05) is 19.1 Å². The predicted octanol–water partition coefficient (Wildman–Crippen LogP) is 1.84. The van der Waals surface area contributed by atoms with Gasteiger partial charge in [-0.3, -0.25) is 5.10 Å². The Bertz CT molecular complexity index is 878. The topological polar surface area (TPSA) is 110 Å². The minimum Gasteiger partial charge on any atom is -0.381 e. The minimum absolute atomic E-state index is 0.269. The molecular weight excluding hydrogens is 302 g/mol. The van der Waals surface area contributed by atoms with Gasteiger partial charge in [0, 0.05) is 35.8 Å². The van der Waals surface area contributed by atoms with Gasteiger partial charge in [0.25, 0.3) is 0 Å². The third-order valence-corrected chi connectivity index (χ3v) is 4.66. The molecule has 7 nitrogen and oxygen atoms in total. The Labute approximate surface area is 140 Å². The molecule has 0 aliphatic carbocycles. The van der Waals surface area contributed by atoms with Crippen molar-refractivity contribution in [3.05, 3.63) is 30.1 Å². The van der Waals surface area contributed by atoms with Crippen molar-refractivity contribution in [2.75, 3.05) is 23.7 Å². The number of piperidine rings is 1. The summed E-state index contributed by atoms with van der Waals surface area (Å²) in [5.74, 6) is 1.22. The largest absolute Gasteiger partial charge is 0.381 e. The third-order valence-electron chi connectivity index (χ3n) is 4.66. The molecule has 3 heterocycles. The second-order valence-electron chi connectivity index (χ2n) is 6.37. The zero-order chi connectivity index (χ0) is 16.7. The average Bonchev–Trinajstić information content (AvgIpc) is 2.97. The van der Waals surface area contributed by atoms with Crippen LogP contribution in [0.5, 0.6) is 0 Å². The lowest BCUT2D eigenvalue weighted by Crippen LogP contribution is -2.40. The molecule has 0 atom stereocenters. The highest BCUT2D eigenvalue weighted by Crippen LogP contribution is 2.28. The van der Waals surface area contributed by atoms with Gasteiger partial charge in [-0.05, 0) is 31.9 Å². The number of aromatic nitrogens is 4. The Hall–Kier alpha value is -2.67. The molecule has 0 unspecified atom stereocenters. The Balaban J connectivity index is 1.72. The molecule has 3 aromatic rings. The van der Waals surface area contributed by atoms with Crippen LogP contribution in [0.2, 0.25) is 0 Å². The number of benzene rings is 1. The van der Waals surface area contributed by atoms with Crippen molar-refractivity contribution in [3.63, 3.8) is 0 Å². The maximum absolute atomic E-state index is 6.07. The van der Waals surface area contributed by atoms with Gasteiger partial charge in [-0.25, -0.2) is 9.97 Å². The number of fused-ring (bicyclic) bond motifs is 1. The van der Waals surface area contributed by atoms with Gasteiger partial charge in [0.15, 0.2) is 11.6 Å². The normalized spacial score (nSPS) is 16.0. The quantitative estimate of drug-likeness (QED) is 0.664. The zero-order valence-electron chi connectivity index (χ0n) is 13.7. The highest BCUT2D eigenvalue weighted by Gasteiger charge is 2.20.